The van der Waals surface area contributed by atoms with Crippen LogP contribution in [0.1, 0.15) is 24.8 Å². The van der Waals surface area contributed by atoms with Gasteiger partial charge in [0.05, 0.1) is 28.6 Å². The van der Waals surface area contributed by atoms with Crippen molar-refractivity contribution in [3.8, 4) is 6.07 Å². The molecule has 21 heavy (non-hydrogen) atoms. The minimum absolute atomic E-state index is 0.104. The zero-order chi connectivity index (χ0) is 15.6. The molecule has 0 amide bonds. The van der Waals surface area contributed by atoms with Gasteiger partial charge >= 0.3 is 5.97 Å². The minimum Gasteiger partial charge on any atom is -0.468 e. The van der Waals surface area contributed by atoms with E-state index >= 15 is 0 Å². The van der Waals surface area contributed by atoms with E-state index in [1.165, 1.54) is 7.11 Å². The SMILES string of the molecule is COC(=O)[C@@H]1C[C@](C#N)(c2ccc(Cl)c(Cl)c2)CCC1=O. The second-order valence-electron chi connectivity index (χ2n) is 5.07. The molecule has 0 saturated heterocycles. The summed E-state index contributed by atoms with van der Waals surface area (Å²) in [5.41, 5.74) is -0.262. The molecule has 0 radical (unpaired) electrons. The number of rotatable bonds is 2. The van der Waals surface area contributed by atoms with Crippen LogP contribution in [0.15, 0.2) is 18.2 Å². The molecule has 0 unspecified atom stereocenters. The molecule has 0 N–H and O–H groups in total. The van der Waals surface area contributed by atoms with Gasteiger partial charge in [0.15, 0.2) is 0 Å². The van der Waals surface area contributed by atoms with Gasteiger partial charge in [0.2, 0.25) is 0 Å². The van der Waals surface area contributed by atoms with Gasteiger partial charge in [-0.05, 0) is 30.5 Å². The zero-order valence-electron chi connectivity index (χ0n) is 11.4. The Morgan fingerprint density at radius 2 is 2.14 bits per heavy atom. The van der Waals surface area contributed by atoms with Gasteiger partial charge in [-0.15, -0.1) is 0 Å². The largest absolute Gasteiger partial charge is 0.468 e. The highest BCUT2D eigenvalue weighted by Gasteiger charge is 2.45. The van der Waals surface area contributed by atoms with Crippen molar-refractivity contribution in [2.45, 2.75) is 24.7 Å². The number of hydrogen-bond acceptors (Lipinski definition) is 4. The molecule has 1 aromatic rings. The third kappa shape index (κ3) is 2.90. The molecule has 0 spiro atoms. The van der Waals surface area contributed by atoms with Crippen molar-refractivity contribution >= 4 is 35.0 Å². The van der Waals surface area contributed by atoms with Crippen LogP contribution in [0.25, 0.3) is 0 Å². The first-order chi connectivity index (χ1) is 9.93. The lowest BCUT2D eigenvalue weighted by Crippen LogP contribution is -2.40. The van der Waals surface area contributed by atoms with Crippen molar-refractivity contribution in [3.63, 3.8) is 0 Å². The van der Waals surface area contributed by atoms with Crippen LogP contribution in [0, 0.1) is 17.2 Å². The van der Waals surface area contributed by atoms with Crippen LogP contribution < -0.4 is 0 Å². The molecule has 1 fully saturated rings. The van der Waals surface area contributed by atoms with E-state index in [-0.39, 0.29) is 18.6 Å². The molecule has 4 nitrogen and oxygen atoms in total. The molecule has 0 aliphatic heterocycles. The van der Waals surface area contributed by atoms with E-state index in [0.717, 1.165) is 0 Å². The molecule has 1 saturated carbocycles. The van der Waals surface area contributed by atoms with E-state index in [4.69, 9.17) is 23.2 Å². The lowest BCUT2D eigenvalue weighted by atomic mass is 9.66. The fourth-order valence-corrected chi connectivity index (χ4v) is 2.95. The molecule has 2 rings (SSSR count). The Kier molecular flexibility index (Phi) is 4.55. The van der Waals surface area contributed by atoms with Crippen LogP contribution >= 0.6 is 23.2 Å². The quantitative estimate of drug-likeness (QED) is 0.618. The number of halogens is 2. The van der Waals surface area contributed by atoms with Crippen molar-refractivity contribution in [3.05, 3.63) is 33.8 Å². The van der Waals surface area contributed by atoms with E-state index in [2.05, 4.69) is 10.8 Å². The Hall–Kier alpha value is -1.57. The van der Waals surface area contributed by atoms with Gasteiger partial charge < -0.3 is 4.74 Å². The molecule has 110 valence electrons. The maximum absolute atomic E-state index is 11.9. The first-order valence-electron chi connectivity index (χ1n) is 6.41. The average molecular weight is 326 g/mol. The number of ketones is 1. The number of ether oxygens (including phenoxy) is 1. The van der Waals surface area contributed by atoms with Crippen molar-refractivity contribution in [2.24, 2.45) is 5.92 Å². The van der Waals surface area contributed by atoms with Crippen LogP contribution in [0.2, 0.25) is 10.0 Å². The Labute approximate surface area is 132 Å². The summed E-state index contributed by atoms with van der Waals surface area (Å²) in [6, 6.07) is 7.19. The number of esters is 1. The van der Waals surface area contributed by atoms with Crippen LogP contribution in [0.4, 0.5) is 0 Å². The predicted octanol–water partition coefficient (Wildman–Crippen LogP) is 3.30. The normalized spacial score (nSPS) is 25.2. The molecule has 1 aromatic carbocycles. The fourth-order valence-electron chi connectivity index (χ4n) is 2.65. The topological polar surface area (TPSA) is 67.2 Å². The number of carbonyl (C=O) groups excluding carboxylic acids is 2. The lowest BCUT2D eigenvalue weighted by Gasteiger charge is -2.34. The number of Topliss-reactive ketones (excluding diaryl/α,β-unsaturated/α-hetero) is 1. The smallest absolute Gasteiger partial charge is 0.316 e. The van der Waals surface area contributed by atoms with Gasteiger partial charge in [0.25, 0.3) is 0 Å². The Balaban J connectivity index is 2.42. The standard InChI is InChI=1S/C15H13Cl2NO3/c1-21-14(20)10-7-15(8-18,5-4-13(10)19)9-2-3-11(16)12(17)6-9/h2-3,6,10H,4-5,7H2,1H3/t10-,15-/m1/s1. The Bertz CT molecular complexity index is 630. The molecule has 1 aliphatic carbocycles. The van der Waals surface area contributed by atoms with Crippen molar-refractivity contribution in [2.75, 3.05) is 7.11 Å². The molecular weight excluding hydrogens is 313 g/mol. The zero-order valence-corrected chi connectivity index (χ0v) is 12.9. The van der Waals surface area contributed by atoms with Gasteiger partial charge in [-0.2, -0.15) is 5.26 Å². The average Bonchev–Trinajstić information content (AvgIpc) is 2.50. The molecule has 1 aliphatic rings. The Morgan fingerprint density at radius 1 is 1.43 bits per heavy atom. The maximum atomic E-state index is 11.9. The summed E-state index contributed by atoms with van der Waals surface area (Å²) < 4.78 is 4.66. The molecule has 0 aromatic heterocycles. The number of nitriles is 1. The molecule has 0 bridgehead atoms. The fraction of sp³-hybridized carbons (Fsp3) is 0.400. The van der Waals surface area contributed by atoms with E-state index in [1.807, 2.05) is 0 Å². The molecular formula is C15H13Cl2NO3. The van der Waals surface area contributed by atoms with Gasteiger partial charge in [0, 0.05) is 6.42 Å². The van der Waals surface area contributed by atoms with Crippen LogP contribution in [0.5, 0.6) is 0 Å². The van der Waals surface area contributed by atoms with E-state index in [1.54, 1.807) is 18.2 Å². The third-order valence-corrected chi connectivity index (χ3v) is 4.65. The highest BCUT2D eigenvalue weighted by atomic mass is 35.5. The van der Waals surface area contributed by atoms with Crippen molar-refractivity contribution in [1.82, 2.24) is 0 Å². The summed E-state index contributed by atoms with van der Waals surface area (Å²) >= 11 is 11.9. The van der Waals surface area contributed by atoms with Crippen LogP contribution in [-0.4, -0.2) is 18.9 Å². The summed E-state index contributed by atoms with van der Waals surface area (Å²) in [4.78, 5) is 23.6. The van der Waals surface area contributed by atoms with E-state index in [0.29, 0.717) is 22.0 Å². The van der Waals surface area contributed by atoms with Gasteiger partial charge in [-0.1, -0.05) is 29.3 Å². The Morgan fingerprint density at radius 3 is 2.71 bits per heavy atom. The molecule has 0 heterocycles. The summed E-state index contributed by atoms with van der Waals surface area (Å²) in [5.74, 6) is -1.69. The van der Waals surface area contributed by atoms with Gasteiger partial charge in [-0.25, -0.2) is 0 Å². The van der Waals surface area contributed by atoms with Crippen LogP contribution in [-0.2, 0) is 19.7 Å². The number of carbonyl (C=O) groups is 2. The number of benzene rings is 1. The molecule has 6 heteroatoms. The monoisotopic (exact) mass is 325 g/mol. The van der Waals surface area contributed by atoms with Crippen molar-refractivity contribution < 1.29 is 14.3 Å². The number of hydrogen-bond donors (Lipinski definition) is 0. The van der Waals surface area contributed by atoms with Gasteiger partial charge in [0.1, 0.15) is 11.7 Å². The maximum Gasteiger partial charge on any atom is 0.316 e. The second-order valence-corrected chi connectivity index (χ2v) is 5.88. The minimum atomic E-state index is -0.930. The highest BCUT2D eigenvalue weighted by molar-refractivity contribution is 6.42. The highest BCUT2D eigenvalue weighted by Crippen LogP contribution is 2.42. The summed E-state index contributed by atoms with van der Waals surface area (Å²) in [6.45, 7) is 0. The summed E-state index contributed by atoms with van der Waals surface area (Å²) in [7, 11) is 1.23. The van der Waals surface area contributed by atoms with Crippen LogP contribution in [0.3, 0.4) is 0 Å². The van der Waals surface area contributed by atoms with E-state index in [9.17, 15) is 14.9 Å². The lowest BCUT2D eigenvalue weighted by molar-refractivity contribution is -0.151. The summed E-state index contributed by atoms with van der Waals surface area (Å²) in [5, 5.41) is 10.4. The van der Waals surface area contributed by atoms with Crippen molar-refractivity contribution in [1.29, 1.82) is 5.26 Å². The van der Waals surface area contributed by atoms with E-state index < -0.39 is 17.3 Å². The first kappa shape index (κ1) is 15.8. The predicted molar refractivity (Wildman–Crippen MR) is 78.1 cm³/mol. The summed E-state index contributed by atoms with van der Waals surface area (Å²) in [6.07, 6.45) is 0.619. The number of methoxy groups -OCH3 is 1. The third-order valence-electron chi connectivity index (χ3n) is 3.91. The first-order valence-corrected chi connectivity index (χ1v) is 7.16. The molecule has 2 atom stereocenters. The second kappa shape index (κ2) is 6.05. The van der Waals surface area contributed by atoms with Gasteiger partial charge in [-0.3, -0.25) is 9.59 Å². The number of nitrogens with zero attached hydrogens (tertiary/aromatic N) is 1.